The highest BCUT2D eigenvalue weighted by molar-refractivity contribution is 7.19. The third-order valence-electron chi connectivity index (χ3n) is 5.47. The van der Waals surface area contributed by atoms with Crippen molar-refractivity contribution < 1.29 is 9.90 Å². The van der Waals surface area contributed by atoms with Crippen molar-refractivity contribution in [2.24, 2.45) is 10.4 Å². The highest BCUT2D eigenvalue weighted by Crippen LogP contribution is 2.39. The highest BCUT2D eigenvalue weighted by Gasteiger charge is 2.42. The molecule has 1 heterocycles. The van der Waals surface area contributed by atoms with Crippen LogP contribution in [0.25, 0.3) is 10.1 Å². The van der Waals surface area contributed by atoms with Crippen LogP contribution in [-0.2, 0) is 4.79 Å². The summed E-state index contributed by atoms with van der Waals surface area (Å²) in [4.78, 5) is 19.6. The van der Waals surface area contributed by atoms with Gasteiger partial charge in [-0.25, -0.2) is 0 Å². The maximum Gasteiger partial charge on any atom is 0.230 e. The van der Waals surface area contributed by atoms with Crippen LogP contribution >= 0.6 is 11.3 Å². The number of carbonyl (C=O) groups excluding carboxylic acids is 1. The van der Waals surface area contributed by atoms with Crippen molar-refractivity contribution in [1.82, 2.24) is 15.5 Å². The number of aliphatic hydroxyl groups is 1. The van der Waals surface area contributed by atoms with E-state index in [0.717, 1.165) is 35.9 Å². The summed E-state index contributed by atoms with van der Waals surface area (Å²) in [7, 11) is 5.34. The Hall–Kier alpha value is -2.12. The molecule has 1 fully saturated rings. The zero-order chi connectivity index (χ0) is 20.1. The second kappa shape index (κ2) is 8.92. The molecule has 0 aliphatic heterocycles. The summed E-state index contributed by atoms with van der Waals surface area (Å²) >= 11 is 1.60. The van der Waals surface area contributed by atoms with E-state index < -0.39 is 6.10 Å². The number of carbonyl (C=O) groups is 1. The van der Waals surface area contributed by atoms with Gasteiger partial charge >= 0.3 is 0 Å². The molecule has 0 bridgehead atoms. The number of fused-ring (bicyclic) bond motifs is 1. The summed E-state index contributed by atoms with van der Waals surface area (Å²) in [5.74, 6) is 0.788. The third kappa shape index (κ3) is 4.47. The second-order valence-electron chi connectivity index (χ2n) is 7.70. The van der Waals surface area contributed by atoms with Crippen molar-refractivity contribution in [2.45, 2.75) is 31.8 Å². The summed E-state index contributed by atoms with van der Waals surface area (Å²) in [6.07, 6.45) is 3.35. The molecule has 1 unspecified atom stereocenters. The lowest BCUT2D eigenvalue weighted by atomic mass is 9.84. The van der Waals surface area contributed by atoms with Gasteiger partial charge in [0.05, 0.1) is 5.41 Å². The lowest BCUT2D eigenvalue weighted by Crippen LogP contribution is -2.49. The second-order valence-corrected chi connectivity index (χ2v) is 8.81. The van der Waals surface area contributed by atoms with Gasteiger partial charge in [-0.05, 0) is 30.4 Å². The first-order chi connectivity index (χ1) is 13.4. The minimum atomic E-state index is -0.611. The van der Waals surface area contributed by atoms with Crippen LogP contribution in [0.3, 0.4) is 0 Å². The van der Waals surface area contributed by atoms with E-state index in [0.29, 0.717) is 19.0 Å². The van der Waals surface area contributed by atoms with Crippen molar-refractivity contribution >= 4 is 33.3 Å². The minimum Gasteiger partial charge on any atom is -0.386 e. The molecule has 152 valence electrons. The molecule has 1 amide bonds. The fraction of sp³-hybridized carbons (Fsp3) is 0.524. The number of aliphatic imine (C=N–C) groups is 1. The maximum atomic E-state index is 12.7. The fourth-order valence-electron chi connectivity index (χ4n) is 3.93. The number of amides is 1. The molecule has 1 atom stereocenters. The predicted octanol–water partition coefficient (Wildman–Crippen LogP) is 2.75. The van der Waals surface area contributed by atoms with Gasteiger partial charge in [-0.2, -0.15) is 0 Å². The van der Waals surface area contributed by atoms with E-state index in [1.54, 1.807) is 23.3 Å². The van der Waals surface area contributed by atoms with Crippen molar-refractivity contribution in [2.75, 3.05) is 34.2 Å². The average molecular weight is 403 g/mol. The molecule has 28 heavy (non-hydrogen) atoms. The molecule has 1 aliphatic rings. The van der Waals surface area contributed by atoms with E-state index in [9.17, 15) is 9.90 Å². The molecule has 0 saturated heterocycles. The van der Waals surface area contributed by atoms with Gasteiger partial charge in [0.1, 0.15) is 6.10 Å². The maximum absolute atomic E-state index is 12.7. The van der Waals surface area contributed by atoms with Gasteiger partial charge in [0.15, 0.2) is 5.96 Å². The van der Waals surface area contributed by atoms with E-state index in [-0.39, 0.29) is 11.3 Å². The number of rotatable bonds is 6. The van der Waals surface area contributed by atoms with Crippen LogP contribution in [0.1, 0.15) is 36.7 Å². The molecule has 3 rings (SSSR count). The Morgan fingerprint density at radius 3 is 2.64 bits per heavy atom. The molecule has 1 aromatic heterocycles. The number of aliphatic hydroxyl groups excluding tert-OH is 1. The average Bonchev–Trinajstić information content (AvgIpc) is 3.35. The first-order valence-electron chi connectivity index (χ1n) is 9.78. The molecule has 3 N–H and O–H groups in total. The van der Waals surface area contributed by atoms with Crippen LogP contribution in [0, 0.1) is 5.41 Å². The number of hydrogen-bond donors (Lipinski definition) is 3. The van der Waals surface area contributed by atoms with E-state index in [1.165, 1.54) is 4.70 Å². The van der Waals surface area contributed by atoms with Crippen LogP contribution < -0.4 is 10.6 Å². The summed E-state index contributed by atoms with van der Waals surface area (Å²) < 4.78 is 1.17. The molecule has 7 heteroatoms. The molecule has 1 aromatic carbocycles. The van der Waals surface area contributed by atoms with Gasteiger partial charge in [-0.3, -0.25) is 9.79 Å². The number of thiophene rings is 1. The number of benzene rings is 1. The standard InChI is InChI=1S/C21H30N4O2S/c1-22-20(24-14-21(10-6-7-11-21)19(27)25(2)3)23-13-16(26)18-12-15-8-4-5-9-17(15)28-18/h4-5,8-9,12,16,26H,6-7,10-11,13-14H2,1-3H3,(H2,22,23,24). The normalized spacial score (nSPS) is 17.5. The van der Waals surface area contributed by atoms with Crippen molar-refractivity contribution in [1.29, 1.82) is 0 Å². The molecule has 1 aliphatic carbocycles. The summed E-state index contributed by atoms with van der Waals surface area (Å²) in [6, 6.07) is 10.2. The van der Waals surface area contributed by atoms with Gasteiger partial charge in [-0.1, -0.05) is 31.0 Å². The predicted molar refractivity (Wildman–Crippen MR) is 116 cm³/mol. The van der Waals surface area contributed by atoms with Crippen LogP contribution in [0.2, 0.25) is 0 Å². The van der Waals surface area contributed by atoms with Crippen LogP contribution in [-0.4, -0.2) is 56.1 Å². The largest absolute Gasteiger partial charge is 0.386 e. The number of guanidine groups is 1. The Bertz CT molecular complexity index is 807. The Kier molecular flexibility index (Phi) is 6.57. The molecule has 2 aromatic rings. The third-order valence-corrected chi connectivity index (χ3v) is 6.69. The van der Waals surface area contributed by atoms with Gasteiger partial charge in [-0.15, -0.1) is 11.3 Å². The van der Waals surface area contributed by atoms with Crippen molar-refractivity contribution in [3.8, 4) is 0 Å². The van der Waals surface area contributed by atoms with E-state index in [2.05, 4.69) is 27.8 Å². The number of nitrogens with one attached hydrogen (secondary N) is 2. The lowest BCUT2D eigenvalue weighted by Gasteiger charge is -2.31. The molecule has 0 spiro atoms. The fourth-order valence-corrected chi connectivity index (χ4v) is 4.98. The van der Waals surface area contributed by atoms with Gasteiger partial charge in [0.2, 0.25) is 5.91 Å². The SMILES string of the molecule is CN=C(NCC(O)c1cc2ccccc2s1)NCC1(C(=O)N(C)C)CCCC1. The number of hydrogen-bond acceptors (Lipinski definition) is 4. The van der Waals surface area contributed by atoms with E-state index in [4.69, 9.17) is 0 Å². The zero-order valence-electron chi connectivity index (χ0n) is 16.9. The molecule has 1 saturated carbocycles. The highest BCUT2D eigenvalue weighted by atomic mass is 32.1. The summed E-state index contributed by atoms with van der Waals surface area (Å²) in [6.45, 7) is 0.920. The van der Waals surface area contributed by atoms with E-state index in [1.807, 2.05) is 32.3 Å². The Morgan fingerprint density at radius 2 is 2.00 bits per heavy atom. The first kappa shape index (κ1) is 20.6. The topological polar surface area (TPSA) is 77.0 Å². The summed E-state index contributed by atoms with van der Waals surface area (Å²) in [5, 5.41) is 18.2. The Balaban J connectivity index is 1.57. The molecule has 0 radical (unpaired) electrons. The lowest BCUT2D eigenvalue weighted by molar-refractivity contribution is -0.138. The van der Waals surface area contributed by atoms with Crippen LogP contribution in [0.5, 0.6) is 0 Å². The number of nitrogens with zero attached hydrogens (tertiary/aromatic N) is 2. The zero-order valence-corrected chi connectivity index (χ0v) is 17.7. The Labute approximate surface area is 170 Å². The monoisotopic (exact) mass is 402 g/mol. The van der Waals surface area contributed by atoms with E-state index >= 15 is 0 Å². The smallest absolute Gasteiger partial charge is 0.230 e. The molecule has 6 nitrogen and oxygen atoms in total. The first-order valence-corrected chi connectivity index (χ1v) is 10.6. The van der Waals surface area contributed by atoms with Gasteiger partial charge in [0, 0.05) is 43.8 Å². The molecular weight excluding hydrogens is 372 g/mol. The van der Waals surface area contributed by atoms with Crippen molar-refractivity contribution in [3.05, 3.63) is 35.2 Å². The van der Waals surface area contributed by atoms with Crippen LogP contribution in [0.15, 0.2) is 35.3 Å². The summed E-state index contributed by atoms with van der Waals surface area (Å²) in [5.41, 5.74) is -0.356. The van der Waals surface area contributed by atoms with Gasteiger partial charge < -0.3 is 20.6 Å². The van der Waals surface area contributed by atoms with Crippen molar-refractivity contribution in [3.63, 3.8) is 0 Å². The quantitative estimate of drug-likeness (QED) is 0.513. The van der Waals surface area contributed by atoms with Gasteiger partial charge in [0.25, 0.3) is 0 Å². The minimum absolute atomic E-state index is 0.179. The molecular formula is C21H30N4O2S. The Morgan fingerprint density at radius 1 is 1.29 bits per heavy atom. The van der Waals surface area contributed by atoms with Crippen LogP contribution in [0.4, 0.5) is 0 Å².